The third-order valence-electron chi connectivity index (χ3n) is 6.64. The first-order valence-corrected chi connectivity index (χ1v) is 12.7. The fourth-order valence-electron chi connectivity index (χ4n) is 4.85. The SMILES string of the molecule is O=C1NC(=S)N(c2ccccc2)C(=O)[C@@H]1C(c1ccc([N+](=O)[O-])cc1)[C@@H]1C(=O)NC(=S)N(c2ccccc2)C1=O. The highest BCUT2D eigenvalue weighted by Gasteiger charge is 2.53. The van der Waals surface area contributed by atoms with Crippen LogP contribution in [0.15, 0.2) is 84.9 Å². The highest BCUT2D eigenvalue weighted by molar-refractivity contribution is 7.80. The Bertz CT molecular complexity index is 1480. The van der Waals surface area contributed by atoms with Crippen molar-refractivity contribution in [3.05, 3.63) is 101 Å². The first-order valence-electron chi connectivity index (χ1n) is 11.9. The zero-order chi connectivity index (χ0) is 28.6. The fraction of sp³-hybridized carbons (Fsp3) is 0.111. The van der Waals surface area contributed by atoms with E-state index in [1.54, 1.807) is 60.7 Å². The molecule has 2 aliphatic rings. The monoisotopic (exact) mass is 573 g/mol. The standard InChI is InChI=1S/C27H19N5O6S2/c33-22-20(24(35)30(26(39)28-22)16-7-3-1-4-8-16)19(15-11-13-18(14-12-15)32(37)38)21-23(34)29-27(40)31(25(21)36)17-9-5-2-6-10-17/h1-14,19-21H,(H,28,33,39)(H,29,34,40)/t20-,21-/m1/s1. The molecule has 2 heterocycles. The molecule has 11 nitrogen and oxygen atoms in total. The summed E-state index contributed by atoms with van der Waals surface area (Å²) >= 11 is 10.6. The highest BCUT2D eigenvalue weighted by Crippen LogP contribution is 2.40. The molecular weight excluding hydrogens is 554 g/mol. The lowest BCUT2D eigenvalue weighted by molar-refractivity contribution is -0.384. The Labute approximate surface area is 237 Å². The van der Waals surface area contributed by atoms with Crippen LogP contribution in [0.4, 0.5) is 17.1 Å². The van der Waals surface area contributed by atoms with Crippen molar-refractivity contribution in [1.82, 2.24) is 10.6 Å². The zero-order valence-electron chi connectivity index (χ0n) is 20.4. The van der Waals surface area contributed by atoms with E-state index in [2.05, 4.69) is 10.6 Å². The Hall–Kier alpha value is -4.88. The second-order valence-electron chi connectivity index (χ2n) is 8.94. The minimum atomic E-state index is -1.60. The van der Waals surface area contributed by atoms with Crippen LogP contribution < -0.4 is 20.4 Å². The summed E-state index contributed by atoms with van der Waals surface area (Å²) in [4.78, 5) is 67.8. The number of benzene rings is 3. The third-order valence-corrected chi connectivity index (χ3v) is 7.21. The summed E-state index contributed by atoms with van der Waals surface area (Å²) < 4.78 is 0. The number of nitrogens with zero attached hydrogens (tertiary/aromatic N) is 3. The summed E-state index contributed by atoms with van der Waals surface area (Å²) in [6, 6.07) is 21.7. The Kier molecular flexibility index (Phi) is 7.15. The Balaban J connectivity index is 1.65. The maximum absolute atomic E-state index is 14.0. The first-order chi connectivity index (χ1) is 19.2. The van der Waals surface area contributed by atoms with Crippen molar-refractivity contribution >= 4 is 75.4 Å². The molecule has 13 heteroatoms. The minimum absolute atomic E-state index is 0.161. The van der Waals surface area contributed by atoms with Crippen LogP contribution in [0.2, 0.25) is 0 Å². The molecule has 4 amide bonds. The molecule has 2 saturated heterocycles. The Morgan fingerprint density at radius 3 is 1.45 bits per heavy atom. The lowest BCUT2D eigenvalue weighted by Crippen LogP contribution is -2.64. The van der Waals surface area contributed by atoms with Gasteiger partial charge in [-0.05, 0) is 54.3 Å². The molecule has 0 unspecified atom stereocenters. The quantitative estimate of drug-likeness (QED) is 0.198. The van der Waals surface area contributed by atoms with Crippen LogP contribution in [0.25, 0.3) is 0 Å². The number of thiocarbonyl (C=S) groups is 2. The van der Waals surface area contributed by atoms with Crippen LogP contribution in [0.3, 0.4) is 0 Å². The third kappa shape index (κ3) is 4.72. The van der Waals surface area contributed by atoms with Crippen LogP contribution in [-0.4, -0.2) is 38.8 Å². The predicted octanol–water partition coefficient (Wildman–Crippen LogP) is 2.81. The number of nitrogens with one attached hydrogen (secondary N) is 2. The molecule has 3 aromatic carbocycles. The van der Waals surface area contributed by atoms with Gasteiger partial charge in [-0.1, -0.05) is 48.5 Å². The number of para-hydroxylation sites is 2. The molecule has 0 bridgehead atoms. The van der Waals surface area contributed by atoms with Crippen molar-refractivity contribution in [2.45, 2.75) is 5.92 Å². The lowest BCUT2D eigenvalue weighted by atomic mass is 9.73. The van der Waals surface area contributed by atoms with E-state index in [1.165, 1.54) is 24.3 Å². The Morgan fingerprint density at radius 1 is 0.675 bits per heavy atom. The average molecular weight is 574 g/mol. The molecule has 40 heavy (non-hydrogen) atoms. The fourth-order valence-corrected chi connectivity index (χ4v) is 5.44. The van der Waals surface area contributed by atoms with Crippen molar-refractivity contribution in [1.29, 1.82) is 0 Å². The largest absolute Gasteiger partial charge is 0.302 e. The maximum Gasteiger partial charge on any atom is 0.269 e. The second-order valence-corrected chi connectivity index (χ2v) is 9.71. The van der Waals surface area contributed by atoms with Gasteiger partial charge < -0.3 is 10.6 Å². The molecule has 3 aromatic rings. The number of amides is 4. The van der Waals surface area contributed by atoms with E-state index in [0.717, 1.165) is 9.80 Å². The smallest absolute Gasteiger partial charge is 0.269 e. The van der Waals surface area contributed by atoms with E-state index in [1.807, 2.05) is 0 Å². The van der Waals surface area contributed by atoms with Crippen molar-refractivity contribution in [3.63, 3.8) is 0 Å². The number of hydrogen-bond acceptors (Lipinski definition) is 8. The summed E-state index contributed by atoms with van der Waals surface area (Å²) in [6.45, 7) is 0. The molecule has 2 aliphatic heterocycles. The van der Waals surface area contributed by atoms with Gasteiger partial charge in [0.15, 0.2) is 10.2 Å². The zero-order valence-corrected chi connectivity index (χ0v) is 22.1. The number of anilines is 2. The van der Waals surface area contributed by atoms with Gasteiger partial charge in [-0.25, -0.2) is 0 Å². The Morgan fingerprint density at radius 2 is 1.07 bits per heavy atom. The number of carbonyl (C=O) groups is 4. The topological polar surface area (TPSA) is 142 Å². The van der Waals surface area contributed by atoms with Crippen molar-refractivity contribution in [2.75, 3.05) is 9.80 Å². The molecule has 2 fully saturated rings. The maximum atomic E-state index is 14.0. The average Bonchev–Trinajstić information content (AvgIpc) is 2.93. The number of hydrogen-bond donors (Lipinski definition) is 2. The van der Waals surface area contributed by atoms with Gasteiger partial charge in [0.2, 0.25) is 23.6 Å². The van der Waals surface area contributed by atoms with Crippen LogP contribution in [0, 0.1) is 22.0 Å². The number of nitro benzene ring substituents is 1. The van der Waals surface area contributed by atoms with Gasteiger partial charge in [0.1, 0.15) is 11.8 Å². The van der Waals surface area contributed by atoms with Crippen molar-refractivity contribution in [3.8, 4) is 0 Å². The van der Waals surface area contributed by atoms with Gasteiger partial charge in [-0.15, -0.1) is 0 Å². The normalized spacial score (nSPS) is 19.5. The molecule has 0 saturated carbocycles. The van der Waals surface area contributed by atoms with Gasteiger partial charge in [0.05, 0.1) is 16.3 Å². The molecule has 2 atom stereocenters. The molecule has 0 aliphatic carbocycles. The summed E-state index contributed by atoms with van der Waals surface area (Å²) in [7, 11) is 0. The van der Waals surface area contributed by atoms with E-state index >= 15 is 0 Å². The second kappa shape index (κ2) is 10.7. The van der Waals surface area contributed by atoms with Gasteiger partial charge in [0, 0.05) is 18.1 Å². The minimum Gasteiger partial charge on any atom is -0.302 e. The van der Waals surface area contributed by atoms with Crippen LogP contribution in [0.1, 0.15) is 11.5 Å². The van der Waals surface area contributed by atoms with Crippen LogP contribution >= 0.6 is 24.4 Å². The summed E-state index contributed by atoms with van der Waals surface area (Å²) in [6.07, 6.45) is 0. The molecule has 200 valence electrons. The molecule has 2 N–H and O–H groups in total. The van der Waals surface area contributed by atoms with E-state index in [-0.39, 0.29) is 21.5 Å². The molecule has 5 rings (SSSR count). The molecular formula is C27H19N5O6S2. The number of carbonyl (C=O) groups excluding carboxylic acids is 4. The van der Waals surface area contributed by atoms with E-state index < -0.39 is 46.3 Å². The van der Waals surface area contributed by atoms with Gasteiger partial charge in [-0.2, -0.15) is 0 Å². The summed E-state index contributed by atoms with van der Waals surface area (Å²) in [5.74, 6) is -7.72. The number of nitro groups is 1. The first kappa shape index (κ1) is 26.7. The molecule has 0 spiro atoms. The lowest BCUT2D eigenvalue weighted by Gasteiger charge is -2.41. The van der Waals surface area contributed by atoms with E-state index in [0.29, 0.717) is 11.4 Å². The van der Waals surface area contributed by atoms with Crippen molar-refractivity contribution in [2.24, 2.45) is 11.8 Å². The van der Waals surface area contributed by atoms with E-state index in [4.69, 9.17) is 24.4 Å². The highest BCUT2D eigenvalue weighted by atomic mass is 32.1. The molecule has 0 radical (unpaired) electrons. The van der Waals surface area contributed by atoms with E-state index in [9.17, 15) is 29.3 Å². The molecule has 0 aromatic heterocycles. The summed E-state index contributed by atoms with van der Waals surface area (Å²) in [5.41, 5.74) is 0.683. The van der Waals surface area contributed by atoms with Gasteiger partial charge >= 0.3 is 0 Å². The number of non-ortho nitro benzene ring substituents is 1. The van der Waals surface area contributed by atoms with Gasteiger partial charge in [0.25, 0.3) is 5.69 Å². The van der Waals surface area contributed by atoms with Gasteiger partial charge in [-0.3, -0.25) is 39.1 Å². The van der Waals surface area contributed by atoms with Crippen LogP contribution in [0.5, 0.6) is 0 Å². The summed E-state index contributed by atoms with van der Waals surface area (Å²) in [5, 5.41) is 16.0. The predicted molar refractivity (Wildman–Crippen MR) is 152 cm³/mol. The van der Waals surface area contributed by atoms with Crippen LogP contribution in [-0.2, 0) is 19.2 Å². The van der Waals surface area contributed by atoms with Crippen molar-refractivity contribution < 1.29 is 24.1 Å². The number of rotatable bonds is 6.